The summed E-state index contributed by atoms with van der Waals surface area (Å²) < 4.78 is 0. The predicted octanol–water partition coefficient (Wildman–Crippen LogP) is 4.38. The van der Waals surface area contributed by atoms with E-state index in [0.717, 1.165) is 47.3 Å². The summed E-state index contributed by atoms with van der Waals surface area (Å²) in [5, 5.41) is 0. The molecule has 0 aromatic rings. The predicted molar refractivity (Wildman–Crippen MR) is 89.0 cm³/mol. The molecular formula is C21H31N. The van der Waals surface area contributed by atoms with Gasteiger partial charge in [-0.05, 0) is 104 Å². The Morgan fingerprint density at radius 3 is 2.68 bits per heavy atom. The van der Waals surface area contributed by atoms with Crippen molar-refractivity contribution in [2.45, 2.75) is 63.8 Å². The molecule has 6 unspecified atom stereocenters. The first-order valence-corrected chi connectivity index (χ1v) is 10.0. The van der Waals surface area contributed by atoms with Gasteiger partial charge in [0.25, 0.3) is 0 Å². The van der Waals surface area contributed by atoms with Crippen molar-refractivity contribution < 1.29 is 0 Å². The summed E-state index contributed by atoms with van der Waals surface area (Å²) in [4.78, 5) is 0. The summed E-state index contributed by atoms with van der Waals surface area (Å²) in [6, 6.07) is 0. The lowest BCUT2D eigenvalue weighted by molar-refractivity contribution is -0.109. The van der Waals surface area contributed by atoms with Crippen LogP contribution in [0.3, 0.4) is 0 Å². The average Bonchev–Trinajstić information content (AvgIpc) is 2.98. The largest absolute Gasteiger partial charge is 0.325 e. The fourth-order valence-electron chi connectivity index (χ4n) is 8.82. The monoisotopic (exact) mass is 297 g/mol. The Morgan fingerprint density at radius 2 is 1.77 bits per heavy atom. The summed E-state index contributed by atoms with van der Waals surface area (Å²) in [6.07, 6.45) is 17.1. The van der Waals surface area contributed by atoms with Crippen LogP contribution in [0.1, 0.15) is 58.3 Å². The molecule has 6 rings (SSSR count). The number of nitrogens with two attached hydrogens (primary N) is 1. The van der Waals surface area contributed by atoms with Crippen LogP contribution in [0.15, 0.2) is 12.2 Å². The van der Waals surface area contributed by atoms with Crippen LogP contribution in [-0.2, 0) is 0 Å². The smallest absolute Gasteiger partial charge is 0.0225 e. The summed E-state index contributed by atoms with van der Waals surface area (Å²) in [6.45, 7) is 2.67. The van der Waals surface area contributed by atoms with Crippen LogP contribution in [0, 0.1) is 52.8 Å². The molecule has 0 amide bonds. The van der Waals surface area contributed by atoms with E-state index in [9.17, 15) is 0 Å². The zero-order valence-corrected chi connectivity index (χ0v) is 14.0. The van der Waals surface area contributed by atoms with E-state index in [4.69, 9.17) is 5.73 Å². The van der Waals surface area contributed by atoms with E-state index in [1.54, 1.807) is 0 Å². The third-order valence-corrected chi connectivity index (χ3v) is 9.73. The average molecular weight is 297 g/mol. The van der Waals surface area contributed by atoms with Gasteiger partial charge in [-0.15, -0.1) is 0 Å². The van der Waals surface area contributed by atoms with Crippen LogP contribution in [0.4, 0.5) is 0 Å². The second-order valence-electron chi connectivity index (χ2n) is 10.5. The first-order valence-electron chi connectivity index (χ1n) is 10.0. The van der Waals surface area contributed by atoms with Crippen LogP contribution in [-0.4, -0.2) is 5.54 Å². The van der Waals surface area contributed by atoms with Gasteiger partial charge in [0.2, 0.25) is 0 Å². The Kier molecular flexibility index (Phi) is 2.28. The molecule has 0 saturated heterocycles. The Labute approximate surface area is 135 Å². The Balaban J connectivity index is 1.53. The van der Waals surface area contributed by atoms with E-state index in [1.807, 2.05) is 0 Å². The molecule has 0 aromatic carbocycles. The van der Waals surface area contributed by atoms with Crippen molar-refractivity contribution in [3.8, 4) is 0 Å². The SMILES string of the molecule is C[C@@]12CC[C@H]3CC4(N)C(CC31)C1C=CC3C[C@@H](CC3C2)C[C@@H]14. The third kappa shape index (κ3) is 1.38. The van der Waals surface area contributed by atoms with Gasteiger partial charge < -0.3 is 5.73 Å². The van der Waals surface area contributed by atoms with Crippen molar-refractivity contribution in [2.75, 3.05) is 0 Å². The van der Waals surface area contributed by atoms with Crippen LogP contribution in [0.25, 0.3) is 0 Å². The second-order valence-corrected chi connectivity index (χ2v) is 10.5. The first kappa shape index (κ1) is 13.0. The maximum absolute atomic E-state index is 7.14. The van der Waals surface area contributed by atoms with Crippen LogP contribution in [0.5, 0.6) is 0 Å². The maximum atomic E-state index is 7.14. The number of rotatable bonds is 0. The van der Waals surface area contributed by atoms with E-state index in [-0.39, 0.29) is 5.54 Å². The van der Waals surface area contributed by atoms with Crippen molar-refractivity contribution in [3.05, 3.63) is 12.2 Å². The zero-order valence-electron chi connectivity index (χ0n) is 14.0. The van der Waals surface area contributed by atoms with Crippen molar-refractivity contribution in [3.63, 3.8) is 0 Å². The lowest BCUT2D eigenvalue weighted by atomic mass is 9.42. The van der Waals surface area contributed by atoms with Crippen molar-refractivity contribution in [2.24, 2.45) is 58.5 Å². The van der Waals surface area contributed by atoms with E-state index in [1.165, 1.54) is 51.4 Å². The summed E-state index contributed by atoms with van der Waals surface area (Å²) in [7, 11) is 0. The molecule has 0 radical (unpaired) electrons. The number of hydrogen-bond acceptors (Lipinski definition) is 1. The van der Waals surface area contributed by atoms with Gasteiger partial charge in [0, 0.05) is 5.54 Å². The molecule has 6 aliphatic rings. The molecule has 4 fully saturated rings. The number of fused-ring (bicyclic) bond motifs is 2. The highest BCUT2D eigenvalue weighted by Crippen LogP contribution is 2.69. The van der Waals surface area contributed by atoms with E-state index in [2.05, 4.69) is 19.1 Å². The van der Waals surface area contributed by atoms with Gasteiger partial charge >= 0.3 is 0 Å². The fourth-order valence-corrected chi connectivity index (χ4v) is 8.82. The quantitative estimate of drug-likeness (QED) is 0.660. The molecule has 5 bridgehead atoms. The van der Waals surface area contributed by atoms with Crippen LogP contribution >= 0.6 is 0 Å². The molecule has 0 spiro atoms. The summed E-state index contributed by atoms with van der Waals surface area (Å²) in [5.74, 6) is 7.35. The van der Waals surface area contributed by atoms with Crippen molar-refractivity contribution >= 4 is 0 Å². The minimum absolute atomic E-state index is 0.219. The zero-order chi connectivity index (χ0) is 14.7. The summed E-state index contributed by atoms with van der Waals surface area (Å²) in [5.41, 5.74) is 8.00. The van der Waals surface area contributed by atoms with E-state index < -0.39 is 0 Å². The van der Waals surface area contributed by atoms with Crippen LogP contribution < -0.4 is 5.73 Å². The van der Waals surface area contributed by atoms with Gasteiger partial charge in [0.15, 0.2) is 0 Å². The van der Waals surface area contributed by atoms with Gasteiger partial charge in [0.1, 0.15) is 0 Å². The molecule has 0 aromatic heterocycles. The van der Waals surface area contributed by atoms with E-state index in [0.29, 0.717) is 5.41 Å². The molecule has 1 nitrogen and oxygen atoms in total. The number of allylic oxidation sites excluding steroid dienone is 2. The van der Waals surface area contributed by atoms with Gasteiger partial charge in [-0.2, -0.15) is 0 Å². The highest BCUT2D eigenvalue weighted by molar-refractivity contribution is 5.24. The van der Waals surface area contributed by atoms with Crippen molar-refractivity contribution in [1.82, 2.24) is 0 Å². The van der Waals surface area contributed by atoms with Crippen molar-refractivity contribution in [1.29, 1.82) is 0 Å². The minimum Gasteiger partial charge on any atom is -0.325 e. The summed E-state index contributed by atoms with van der Waals surface area (Å²) >= 11 is 0. The molecule has 0 heterocycles. The molecule has 6 aliphatic carbocycles. The molecule has 22 heavy (non-hydrogen) atoms. The van der Waals surface area contributed by atoms with E-state index >= 15 is 0 Å². The Morgan fingerprint density at radius 1 is 0.909 bits per heavy atom. The lowest BCUT2D eigenvalue weighted by Crippen LogP contribution is -2.71. The van der Waals surface area contributed by atoms with Gasteiger partial charge in [-0.3, -0.25) is 0 Å². The highest BCUT2D eigenvalue weighted by atomic mass is 14.9. The van der Waals surface area contributed by atoms with Gasteiger partial charge in [-0.25, -0.2) is 0 Å². The van der Waals surface area contributed by atoms with Gasteiger partial charge in [-0.1, -0.05) is 19.1 Å². The second kappa shape index (κ2) is 3.85. The molecular weight excluding hydrogens is 266 g/mol. The Bertz CT molecular complexity index is 552. The Hall–Kier alpha value is -0.300. The maximum Gasteiger partial charge on any atom is 0.0225 e. The minimum atomic E-state index is 0.219. The molecule has 4 saturated carbocycles. The topological polar surface area (TPSA) is 26.0 Å². The highest BCUT2D eigenvalue weighted by Gasteiger charge is 2.66. The molecule has 1 heteroatoms. The molecule has 2 N–H and O–H groups in total. The molecule has 0 aliphatic heterocycles. The standard InChI is InChI=1S/C21H31N/c1-20-5-4-14-11-21(22)18-8-12-6-13(15(7-12)10-20)2-3-16(18)19(21)9-17(14)20/h2-3,12-19H,4-11,22H2,1H3/t12-,13?,14-,15?,16?,17?,18-,19?,20-,21?/m0/s1. The fraction of sp³-hybridized carbons (Fsp3) is 0.905. The normalized spacial score (nSPS) is 67.2. The lowest BCUT2D eigenvalue weighted by Gasteiger charge is -2.65. The third-order valence-electron chi connectivity index (χ3n) is 9.73. The number of hydrogen-bond donors (Lipinski definition) is 1. The first-order chi connectivity index (χ1) is 10.6. The van der Waals surface area contributed by atoms with Crippen LogP contribution in [0.2, 0.25) is 0 Å². The van der Waals surface area contributed by atoms with Gasteiger partial charge in [0.05, 0.1) is 0 Å². The molecule has 10 atom stereocenters. The molecule has 120 valence electrons.